The zero-order valence-electron chi connectivity index (χ0n) is 20.1. The zero-order valence-corrected chi connectivity index (χ0v) is 21.7. The molecule has 1 aliphatic heterocycles. The first-order chi connectivity index (χ1) is 16.4. The number of hydrogen-bond donors (Lipinski definition) is 1. The molecule has 1 aliphatic rings. The van der Waals surface area contributed by atoms with Gasteiger partial charge in [-0.25, -0.2) is 13.2 Å². The zero-order chi connectivity index (χ0) is 25.8. The monoisotopic (exact) mass is 522 g/mol. The second kappa shape index (κ2) is 11.0. The molecule has 0 spiro atoms. The van der Waals surface area contributed by atoms with Gasteiger partial charge >= 0.3 is 5.97 Å². The van der Waals surface area contributed by atoms with Gasteiger partial charge in [0, 0.05) is 36.1 Å². The van der Waals surface area contributed by atoms with Crippen molar-refractivity contribution in [2.24, 2.45) is 5.41 Å². The Bertz CT molecular complexity index is 1150. The number of carbonyl (C=O) groups is 2. The largest absolute Gasteiger partial charge is 0.494 e. The lowest BCUT2D eigenvalue weighted by Gasteiger charge is -2.42. The summed E-state index contributed by atoms with van der Waals surface area (Å²) >= 11 is 5.88. The van der Waals surface area contributed by atoms with Crippen LogP contribution in [0, 0.1) is 5.41 Å². The van der Waals surface area contributed by atoms with Crippen LogP contribution in [0.3, 0.4) is 0 Å². The topological polar surface area (TPSA) is 104 Å². The van der Waals surface area contributed by atoms with Crippen LogP contribution < -0.4 is 4.74 Å². The molecule has 2 aromatic rings. The van der Waals surface area contributed by atoms with Gasteiger partial charge in [0.1, 0.15) is 5.75 Å². The number of halogens is 1. The molecule has 1 saturated heterocycles. The number of piperazine rings is 1. The lowest BCUT2D eigenvalue weighted by molar-refractivity contribution is -0.144. The molecule has 0 bridgehead atoms. The number of rotatable bonds is 9. The molecule has 2 aromatic carbocycles. The van der Waals surface area contributed by atoms with Gasteiger partial charge in [0.05, 0.1) is 17.1 Å². The predicted octanol–water partition coefficient (Wildman–Crippen LogP) is 4.15. The molecular weight excluding hydrogens is 492 g/mol. The summed E-state index contributed by atoms with van der Waals surface area (Å²) in [5.74, 6) is -0.407. The smallest absolute Gasteiger partial charge is 0.335 e. The average Bonchev–Trinajstić information content (AvgIpc) is 2.82. The van der Waals surface area contributed by atoms with Crippen LogP contribution in [0.15, 0.2) is 53.4 Å². The highest BCUT2D eigenvalue weighted by Gasteiger charge is 2.39. The maximum Gasteiger partial charge on any atom is 0.335 e. The van der Waals surface area contributed by atoms with Crippen molar-refractivity contribution in [2.45, 2.75) is 44.6 Å². The Morgan fingerprint density at radius 2 is 1.71 bits per heavy atom. The number of carboxylic acids is 1. The summed E-state index contributed by atoms with van der Waals surface area (Å²) in [5, 5.41) is 9.67. The van der Waals surface area contributed by atoms with Gasteiger partial charge in [-0.3, -0.25) is 4.79 Å². The Kier molecular flexibility index (Phi) is 8.46. The van der Waals surface area contributed by atoms with Crippen LogP contribution >= 0.6 is 11.6 Å². The number of carboxylic acid groups (broad SMARTS) is 1. The molecule has 1 heterocycles. The van der Waals surface area contributed by atoms with E-state index in [4.69, 9.17) is 21.4 Å². The fourth-order valence-electron chi connectivity index (χ4n) is 4.09. The summed E-state index contributed by atoms with van der Waals surface area (Å²) in [6.07, 6.45) is 1.32. The minimum atomic E-state index is -3.79. The molecule has 0 aromatic heterocycles. The van der Waals surface area contributed by atoms with Gasteiger partial charge in [0.2, 0.25) is 15.9 Å². The van der Waals surface area contributed by atoms with Crippen molar-refractivity contribution in [1.29, 1.82) is 0 Å². The Morgan fingerprint density at radius 3 is 2.29 bits per heavy atom. The van der Waals surface area contributed by atoms with Crippen molar-refractivity contribution in [3.63, 3.8) is 0 Å². The van der Waals surface area contributed by atoms with Crippen LogP contribution in [0.2, 0.25) is 5.02 Å². The fraction of sp³-hybridized carbons (Fsp3) is 0.440. The third-order valence-corrected chi connectivity index (χ3v) is 8.33. The Balaban J connectivity index is 1.55. The Labute approximate surface area is 211 Å². The predicted molar refractivity (Wildman–Crippen MR) is 133 cm³/mol. The first-order valence-electron chi connectivity index (χ1n) is 11.4. The normalized spacial score (nSPS) is 17.3. The number of aromatic carboxylic acids is 1. The summed E-state index contributed by atoms with van der Waals surface area (Å²) < 4.78 is 33.2. The van der Waals surface area contributed by atoms with Gasteiger partial charge < -0.3 is 14.7 Å². The van der Waals surface area contributed by atoms with E-state index in [0.717, 1.165) is 5.75 Å². The quantitative estimate of drug-likeness (QED) is 0.496. The third-order valence-electron chi connectivity index (χ3n) is 6.20. The molecule has 10 heteroatoms. The number of hydrogen-bond acceptors (Lipinski definition) is 5. The van der Waals surface area contributed by atoms with Crippen LogP contribution in [-0.2, 0) is 14.8 Å². The highest BCUT2D eigenvalue weighted by atomic mass is 35.5. The fourth-order valence-corrected chi connectivity index (χ4v) is 5.73. The molecule has 0 aliphatic carbocycles. The van der Waals surface area contributed by atoms with Crippen LogP contribution in [0.5, 0.6) is 5.75 Å². The van der Waals surface area contributed by atoms with Gasteiger partial charge in [-0.2, -0.15) is 4.31 Å². The van der Waals surface area contributed by atoms with Crippen molar-refractivity contribution in [3.8, 4) is 5.75 Å². The molecule has 1 unspecified atom stereocenters. The molecule has 1 amide bonds. The molecule has 0 saturated carbocycles. The Morgan fingerprint density at radius 1 is 1.09 bits per heavy atom. The number of sulfonamides is 1. The summed E-state index contributed by atoms with van der Waals surface area (Å²) in [6, 6.07) is 12.0. The van der Waals surface area contributed by atoms with E-state index < -0.39 is 21.4 Å². The summed E-state index contributed by atoms with van der Waals surface area (Å²) in [4.78, 5) is 26.1. The van der Waals surface area contributed by atoms with E-state index in [1.165, 1.54) is 28.6 Å². The third kappa shape index (κ3) is 6.54. The molecule has 1 fully saturated rings. The standard InChI is InChI=1S/C25H31ClN2O6S/c1-18-17-27(35(32,33)22-11-5-19(6-12-22)23(29)30)14-15-28(18)24(31)25(2,3)13-4-16-34-21-9-7-20(26)8-10-21/h5-12,18H,4,13-17H2,1-3H3,(H,29,30). The summed E-state index contributed by atoms with van der Waals surface area (Å²) in [7, 11) is -3.79. The molecule has 3 rings (SSSR count). The molecule has 190 valence electrons. The molecule has 35 heavy (non-hydrogen) atoms. The summed E-state index contributed by atoms with van der Waals surface area (Å²) in [5.41, 5.74) is -0.598. The highest BCUT2D eigenvalue weighted by molar-refractivity contribution is 7.89. The lowest BCUT2D eigenvalue weighted by atomic mass is 9.85. The van der Waals surface area contributed by atoms with Crippen LogP contribution in [-0.4, -0.2) is 66.9 Å². The number of nitrogens with zero attached hydrogens (tertiary/aromatic N) is 2. The number of benzene rings is 2. The molecule has 8 nitrogen and oxygen atoms in total. The Hall–Kier alpha value is -2.62. The van der Waals surface area contributed by atoms with Crippen molar-refractivity contribution in [2.75, 3.05) is 26.2 Å². The van der Waals surface area contributed by atoms with E-state index in [2.05, 4.69) is 0 Å². The van der Waals surface area contributed by atoms with Gasteiger partial charge in [-0.05, 0) is 68.3 Å². The number of amides is 1. The van der Waals surface area contributed by atoms with Crippen LogP contribution in [0.4, 0.5) is 0 Å². The first kappa shape index (κ1) is 27.0. The van der Waals surface area contributed by atoms with Crippen LogP contribution in [0.25, 0.3) is 0 Å². The maximum atomic E-state index is 13.3. The van der Waals surface area contributed by atoms with Gasteiger partial charge in [0.15, 0.2) is 0 Å². The molecular formula is C25H31ClN2O6S. The van der Waals surface area contributed by atoms with Crippen molar-refractivity contribution in [1.82, 2.24) is 9.21 Å². The summed E-state index contributed by atoms with van der Waals surface area (Å²) in [6.45, 7) is 6.75. The van der Waals surface area contributed by atoms with Gasteiger partial charge in [-0.1, -0.05) is 25.4 Å². The van der Waals surface area contributed by atoms with Crippen LogP contribution in [0.1, 0.15) is 44.0 Å². The minimum absolute atomic E-state index is 0.0145. The van der Waals surface area contributed by atoms with Crippen molar-refractivity contribution < 1.29 is 27.9 Å². The minimum Gasteiger partial charge on any atom is -0.494 e. The maximum absolute atomic E-state index is 13.3. The second-order valence-corrected chi connectivity index (χ2v) is 11.7. The van der Waals surface area contributed by atoms with Crippen molar-refractivity contribution in [3.05, 3.63) is 59.1 Å². The highest BCUT2D eigenvalue weighted by Crippen LogP contribution is 2.29. The number of ether oxygens (including phenoxy) is 1. The van der Waals surface area contributed by atoms with E-state index in [0.29, 0.717) is 24.5 Å². The average molecular weight is 523 g/mol. The molecule has 1 atom stereocenters. The first-order valence-corrected chi connectivity index (χ1v) is 13.3. The van der Waals surface area contributed by atoms with E-state index in [-0.39, 0.29) is 42.0 Å². The van der Waals surface area contributed by atoms with E-state index in [1.54, 1.807) is 29.2 Å². The number of carbonyl (C=O) groups excluding carboxylic acids is 1. The lowest BCUT2D eigenvalue weighted by Crippen LogP contribution is -2.57. The second-order valence-electron chi connectivity index (χ2n) is 9.33. The van der Waals surface area contributed by atoms with E-state index in [1.807, 2.05) is 20.8 Å². The SMILES string of the molecule is CC1CN(S(=O)(=O)c2ccc(C(=O)O)cc2)CCN1C(=O)C(C)(C)CCCOc1ccc(Cl)cc1. The molecule has 1 N–H and O–H groups in total. The van der Waals surface area contributed by atoms with Gasteiger partial charge in [-0.15, -0.1) is 0 Å². The molecule has 0 radical (unpaired) electrons. The van der Waals surface area contributed by atoms with E-state index >= 15 is 0 Å². The van der Waals surface area contributed by atoms with Crippen molar-refractivity contribution >= 4 is 33.5 Å². The van der Waals surface area contributed by atoms with E-state index in [9.17, 15) is 18.0 Å². The van der Waals surface area contributed by atoms with Gasteiger partial charge in [0.25, 0.3) is 0 Å².